The van der Waals surface area contributed by atoms with Gasteiger partial charge in [-0.15, -0.1) is 0 Å². The summed E-state index contributed by atoms with van der Waals surface area (Å²) in [6.45, 7) is 0.873. The number of amides is 2. The first-order valence-corrected chi connectivity index (χ1v) is 10.2. The molecule has 3 aromatic rings. The summed E-state index contributed by atoms with van der Waals surface area (Å²) in [6, 6.07) is 27.0. The molecule has 0 saturated heterocycles. The second-order valence-corrected chi connectivity index (χ2v) is 7.33. The fourth-order valence-corrected chi connectivity index (χ4v) is 3.54. The number of ether oxygens (including phenoxy) is 1. The van der Waals surface area contributed by atoms with Crippen molar-refractivity contribution in [2.24, 2.45) is 5.16 Å². The highest BCUT2D eigenvalue weighted by Crippen LogP contribution is 2.24. The molecule has 6 heteroatoms. The third-order valence-electron chi connectivity index (χ3n) is 5.12. The Bertz CT molecular complexity index is 1040. The van der Waals surface area contributed by atoms with Gasteiger partial charge in [-0.25, -0.2) is 4.79 Å². The average molecular weight is 415 g/mol. The molecule has 1 heterocycles. The van der Waals surface area contributed by atoms with E-state index in [0.717, 1.165) is 16.8 Å². The fraction of sp³-hybridized carbons (Fsp3) is 0.200. The predicted octanol–water partition coefficient (Wildman–Crippen LogP) is 4.92. The molecule has 2 amide bonds. The minimum absolute atomic E-state index is 0.206. The van der Waals surface area contributed by atoms with Gasteiger partial charge in [-0.2, -0.15) is 0 Å². The molecule has 0 radical (unpaired) electrons. The number of methoxy groups -OCH3 is 1. The monoisotopic (exact) mass is 415 g/mol. The molecule has 0 aromatic heterocycles. The predicted molar refractivity (Wildman–Crippen MR) is 121 cm³/mol. The van der Waals surface area contributed by atoms with E-state index >= 15 is 0 Å². The van der Waals surface area contributed by atoms with Gasteiger partial charge in [0, 0.05) is 13.0 Å². The number of carbonyl (C=O) groups is 1. The van der Waals surface area contributed by atoms with Crippen molar-refractivity contribution in [2.45, 2.75) is 19.1 Å². The van der Waals surface area contributed by atoms with Gasteiger partial charge in [-0.05, 0) is 23.3 Å². The van der Waals surface area contributed by atoms with Crippen molar-refractivity contribution in [2.75, 3.05) is 19.0 Å². The average Bonchev–Trinajstić information content (AvgIpc) is 3.29. The highest BCUT2D eigenvalue weighted by molar-refractivity contribution is 6.01. The van der Waals surface area contributed by atoms with Crippen molar-refractivity contribution in [3.63, 3.8) is 0 Å². The smallest absolute Gasteiger partial charge is 0.322 e. The molecule has 31 heavy (non-hydrogen) atoms. The van der Waals surface area contributed by atoms with Gasteiger partial charge in [-0.3, -0.25) is 0 Å². The van der Waals surface area contributed by atoms with Crippen LogP contribution in [0.15, 0.2) is 90.1 Å². The Morgan fingerprint density at radius 3 is 2.45 bits per heavy atom. The van der Waals surface area contributed by atoms with Gasteiger partial charge in [0.1, 0.15) is 5.75 Å². The number of nitrogens with one attached hydrogen (secondary N) is 1. The molecule has 1 aliphatic rings. The number of para-hydroxylation sites is 2. The van der Waals surface area contributed by atoms with E-state index in [4.69, 9.17) is 9.57 Å². The summed E-state index contributed by atoms with van der Waals surface area (Å²) in [5, 5.41) is 7.22. The maximum absolute atomic E-state index is 13.2. The molecular formula is C25H25N3O3. The highest BCUT2D eigenvalue weighted by atomic mass is 16.6. The number of urea groups is 1. The van der Waals surface area contributed by atoms with Crippen LogP contribution in [0.25, 0.3) is 0 Å². The SMILES string of the molecule is COc1ccccc1NC(=O)N(Cc1ccccc1)CC1CC(c2ccccc2)=NO1. The Hall–Kier alpha value is -3.80. The Labute approximate surface area is 182 Å². The van der Waals surface area contributed by atoms with E-state index < -0.39 is 0 Å². The molecule has 0 spiro atoms. The van der Waals surface area contributed by atoms with Crippen LogP contribution in [-0.4, -0.2) is 36.4 Å². The van der Waals surface area contributed by atoms with E-state index in [2.05, 4.69) is 10.5 Å². The van der Waals surface area contributed by atoms with Gasteiger partial charge >= 0.3 is 6.03 Å². The minimum Gasteiger partial charge on any atom is -0.495 e. The van der Waals surface area contributed by atoms with E-state index in [9.17, 15) is 4.79 Å². The van der Waals surface area contributed by atoms with Crippen LogP contribution in [0.5, 0.6) is 5.75 Å². The Morgan fingerprint density at radius 1 is 1.03 bits per heavy atom. The second-order valence-electron chi connectivity index (χ2n) is 7.33. The lowest BCUT2D eigenvalue weighted by Crippen LogP contribution is -2.40. The van der Waals surface area contributed by atoms with Crippen molar-refractivity contribution < 1.29 is 14.4 Å². The molecule has 1 unspecified atom stereocenters. The zero-order chi connectivity index (χ0) is 21.5. The normalized spacial score (nSPS) is 15.0. The van der Waals surface area contributed by atoms with E-state index in [1.807, 2.05) is 84.9 Å². The third-order valence-corrected chi connectivity index (χ3v) is 5.12. The quantitative estimate of drug-likeness (QED) is 0.596. The number of oxime groups is 1. The van der Waals surface area contributed by atoms with Crippen LogP contribution in [-0.2, 0) is 11.4 Å². The lowest BCUT2D eigenvalue weighted by molar-refractivity contribution is 0.0608. The number of anilines is 1. The molecule has 1 atom stereocenters. The van der Waals surface area contributed by atoms with Gasteiger partial charge in [0.2, 0.25) is 0 Å². The van der Waals surface area contributed by atoms with E-state index in [0.29, 0.717) is 30.9 Å². The summed E-state index contributed by atoms with van der Waals surface area (Å²) in [5.74, 6) is 0.613. The molecule has 6 nitrogen and oxygen atoms in total. The molecular weight excluding hydrogens is 390 g/mol. The van der Waals surface area contributed by atoms with Gasteiger partial charge in [0.25, 0.3) is 0 Å². The van der Waals surface area contributed by atoms with Gasteiger partial charge in [0.15, 0.2) is 6.10 Å². The van der Waals surface area contributed by atoms with Crippen LogP contribution in [0.3, 0.4) is 0 Å². The zero-order valence-electron chi connectivity index (χ0n) is 17.4. The lowest BCUT2D eigenvalue weighted by Gasteiger charge is -2.25. The fourth-order valence-electron chi connectivity index (χ4n) is 3.54. The van der Waals surface area contributed by atoms with Crippen molar-refractivity contribution in [3.05, 3.63) is 96.1 Å². The number of nitrogens with zero attached hydrogens (tertiary/aromatic N) is 2. The molecule has 1 N–H and O–H groups in total. The van der Waals surface area contributed by atoms with Gasteiger partial charge < -0.3 is 19.8 Å². The molecule has 0 saturated carbocycles. The van der Waals surface area contributed by atoms with Crippen molar-refractivity contribution in [1.82, 2.24) is 4.90 Å². The number of carbonyl (C=O) groups excluding carboxylic acids is 1. The van der Waals surface area contributed by atoms with Crippen molar-refractivity contribution in [1.29, 1.82) is 0 Å². The molecule has 0 aliphatic carbocycles. The standard InChI is InChI=1S/C25H25N3O3/c1-30-24-15-9-8-14-22(24)26-25(29)28(17-19-10-4-2-5-11-19)18-21-16-23(27-31-21)20-12-6-3-7-13-20/h2-15,21H,16-18H2,1H3,(H,26,29). The van der Waals surface area contributed by atoms with Crippen LogP contribution in [0, 0.1) is 0 Å². The first-order valence-electron chi connectivity index (χ1n) is 10.2. The Morgan fingerprint density at radius 2 is 1.71 bits per heavy atom. The second kappa shape index (κ2) is 9.80. The topological polar surface area (TPSA) is 63.2 Å². The maximum atomic E-state index is 13.2. The highest BCUT2D eigenvalue weighted by Gasteiger charge is 2.27. The summed E-state index contributed by atoms with van der Waals surface area (Å²) in [5.41, 5.74) is 3.61. The van der Waals surface area contributed by atoms with Gasteiger partial charge in [-0.1, -0.05) is 78.0 Å². The van der Waals surface area contributed by atoms with Crippen LogP contribution >= 0.6 is 0 Å². The number of rotatable bonds is 7. The number of hydrogen-bond donors (Lipinski definition) is 1. The maximum Gasteiger partial charge on any atom is 0.322 e. The molecule has 3 aromatic carbocycles. The van der Waals surface area contributed by atoms with E-state index in [-0.39, 0.29) is 12.1 Å². The molecule has 0 fully saturated rings. The van der Waals surface area contributed by atoms with E-state index in [1.165, 1.54) is 0 Å². The summed E-state index contributed by atoms with van der Waals surface area (Å²) < 4.78 is 5.36. The summed E-state index contributed by atoms with van der Waals surface area (Å²) >= 11 is 0. The van der Waals surface area contributed by atoms with Crippen molar-refractivity contribution >= 4 is 17.4 Å². The molecule has 1 aliphatic heterocycles. The first kappa shape index (κ1) is 20.5. The minimum atomic E-state index is -0.217. The summed E-state index contributed by atoms with van der Waals surface area (Å²) in [7, 11) is 1.58. The van der Waals surface area contributed by atoms with Crippen LogP contribution in [0.2, 0.25) is 0 Å². The van der Waals surface area contributed by atoms with Crippen LogP contribution < -0.4 is 10.1 Å². The number of benzene rings is 3. The number of hydrogen-bond acceptors (Lipinski definition) is 4. The van der Waals surface area contributed by atoms with Crippen LogP contribution in [0.1, 0.15) is 17.5 Å². The summed E-state index contributed by atoms with van der Waals surface area (Å²) in [6.07, 6.45) is 0.444. The molecule has 4 rings (SSSR count). The molecule has 158 valence electrons. The lowest BCUT2D eigenvalue weighted by atomic mass is 10.0. The zero-order valence-corrected chi connectivity index (χ0v) is 17.4. The summed E-state index contributed by atoms with van der Waals surface area (Å²) in [4.78, 5) is 20.6. The Kier molecular flexibility index (Phi) is 6.47. The largest absolute Gasteiger partial charge is 0.495 e. The third kappa shape index (κ3) is 5.22. The Balaban J connectivity index is 1.47. The van der Waals surface area contributed by atoms with E-state index in [1.54, 1.807) is 12.0 Å². The van der Waals surface area contributed by atoms with Gasteiger partial charge in [0.05, 0.1) is 25.1 Å². The first-order chi connectivity index (χ1) is 15.2. The van der Waals surface area contributed by atoms with Crippen LogP contribution in [0.4, 0.5) is 10.5 Å². The van der Waals surface area contributed by atoms with Crippen molar-refractivity contribution in [3.8, 4) is 5.75 Å². The molecule has 0 bridgehead atoms.